The first kappa shape index (κ1) is 15.3. The molecule has 0 aromatic heterocycles. The third-order valence-electron chi connectivity index (χ3n) is 2.67. The van der Waals surface area contributed by atoms with E-state index in [1.165, 1.54) is 24.3 Å². The van der Waals surface area contributed by atoms with E-state index in [-0.39, 0.29) is 5.56 Å². The Kier molecular flexibility index (Phi) is 4.68. The average molecular weight is 377 g/mol. The Bertz CT molecular complexity index is 691. The van der Waals surface area contributed by atoms with Crippen molar-refractivity contribution < 1.29 is 9.18 Å². The van der Waals surface area contributed by atoms with E-state index >= 15 is 0 Å². The first-order valence-corrected chi connectivity index (χ1v) is 7.15. The number of anilines is 1. The number of hydrogen-bond acceptors (Lipinski definition) is 1. The van der Waals surface area contributed by atoms with Crippen molar-refractivity contribution in [1.29, 1.82) is 0 Å². The monoisotopic (exact) mass is 375 g/mol. The molecule has 1 N–H and O–H groups in total. The van der Waals surface area contributed by atoms with Crippen LogP contribution < -0.4 is 5.32 Å². The smallest absolute Gasteiger partial charge is 0.258 e. The molecule has 0 spiro atoms. The Morgan fingerprint density at radius 3 is 2.60 bits per heavy atom. The molecule has 0 aliphatic heterocycles. The van der Waals surface area contributed by atoms with E-state index < -0.39 is 11.7 Å². The molecular formula is C14H9BrCl2FNO. The predicted molar refractivity (Wildman–Crippen MR) is 83.3 cm³/mol. The van der Waals surface area contributed by atoms with Crippen LogP contribution in [0.25, 0.3) is 0 Å². The van der Waals surface area contributed by atoms with Gasteiger partial charge in [0, 0.05) is 9.50 Å². The second-order valence-electron chi connectivity index (χ2n) is 4.16. The Morgan fingerprint density at radius 1 is 1.20 bits per heavy atom. The van der Waals surface area contributed by atoms with Crippen LogP contribution in [-0.4, -0.2) is 5.91 Å². The number of carbonyl (C=O) groups excluding carboxylic acids is 1. The average Bonchev–Trinajstić information content (AvgIpc) is 2.38. The van der Waals surface area contributed by atoms with Crippen LogP contribution in [0.3, 0.4) is 0 Å². The van der Waals surface area contributed by atoms with Crippen LogP contribution >= 0.6 is 39.1 Å². The molecule has 2 nitrogen and oxygen atoms in total. The van der Waals surface area contributed by atoms with Gasteiger partial charge in [0.15, 0.2) is 0 Å². The lowest BCUT2D eigenvalue weighted by Crippen LogP contribution is -2.14. The molecule has 20 heavy (non-hydrogen) atoms. The molecule has 0 heterocycles. The quantitative estimate of drug-likeness (QED) is 0.741. The summed E-state index contributed by atoms with van der Waals surface area (Å²) in [4.78, 5) is 12.1. The van der Waals surface area contributed by atoms with Crippen molar-refractivity contribution in [2.24, 2.45) is 0 Å². The van der Waals surface area contributed by atoms with Crippen LogP contribution in [0.15, 0.2) is 34.8 Å². The molecule has 2 aromatic carbocycles. The highest BCUT2D eigenvalue weighted by atomic mass is 79.9. The van der Waals surface area contributed by atoms with Crippen molar-refractivity contribution in [2.75, 3.05) is 5.32 Å². The van der Waals surface area contributed by atoms with Crippen LogP contribution in [0, 0.1) is 12.7 Å². The molecule has 0 aliphatic rings. The minimum atomic E-state index is -0.611. The van der Waals surface area contributed by atoms with Crippen LogP contribution in [0.1, 0.15) is 15.9 Å². The van der Waals surface area contributed by atoms with Gasteiger partial charge in [-0.05, 0) is 42.8 Å². The first-order chi connectivity index (χ1) is 9.38. The molecule has 1 amide bonds. The minimum Gasteiger partial charge on any atom is -0.320 e. The Labute approximate surface area is 134 Å². The van der Waals surface area contributed by atoms with Gasteiger partial charge in [0.05, 0.1) is 16.3 Å². The van der Waals surface area contributed by atoms with Crippen LogP contribution in [-0.2, 0) is 0 Å². The topological polar surface area (TPSA) is 29.1 Å². The molecule has 0 atom stereocenters. The number of halogens is 4. The first-order valence-electron chi connectivity index (χ1n) is 5.60. The number of benzene rings is 2. The number of carbonyl (C=O) groups is 1. The molecular weight excluding hydrogens is 368 g/mol. The summed E-state index contributed by atoms with van der Waals surface area (Å²) in [5, 5.41) is 3.36. The molecule has 104 valence electrons. The van der Waals surface area contributed by atoms with Gasteiger partial charge in [-0.25, -0.2) is 4.39 Å². The molecule has 0 radical (unpaired) electrons. The number of amides is 1. The summed E-state index contributed by atoms with van der Waals surface area (Å²) < 4.78 is 14.2. The maximum Gasteiger partial charge on any atom is 0.258 e. The molecule has 0 fully saturated rings. The molecule has 2 aromatic rings. The van der Waals surface area contributed by atoms with E-state index in [4.69, 9.17) is 23.2 Å². The Morgan fingerprint density at radius 2 is 1.90 bits per heavy atom. The van der Waals surface area contributed by atoms with Gasteiger partial charge in [0.1, 0.15) is 5.82 Å². The largest absolute Gasteiger partial charge is 0.320 e. The fourth-order valence-electron chi connectivity index (χ4n) is 1.60. The predicted octanol–water partition coefficient (Wildman–Crippen LogP) is 5.46. The lowest BCUT2D eigenvalue weighted by Gasteiger charge is -2.10. The molecule has 0 saturated heterocycles. The highest BCUT2D eigenvalue weighted by Gasteiger charge is 2.14. The third kappa shape index (κ3) is 3.32. The SMILES string of the molecule is Cc1cc(Cl)c(NC(=O)c2cc(Br)ccc2F)cc1Cl. The third-order valence-corrected chi connectivity index (χ3v) is 3.88. The summed E-state index contributed by atoms with van der Waals surface area (Å²) >= 11 is 15.2. The maximum absolute atomic E-state index is 13.6. The van der Waals surface area contributed by atoms with E-state index in [0.29, 0.717) is 20.2 Å². The highest BCUT2D eigenvalue weighted by molar-refractivity contribution is 9.10. The van der Waals surface area contributed by atoms with Gasteiger partial charge in [-0.2, -0.15) is 0 Å². The minimum absolute atomic E-state index is 0.0767. The zero-order valence-corrected chi connectivity index (χ0v) is 13.4. The van der Waals surface area contributed by atoms with E-state index in [2.05, 4.69) is 21.2 Å². The van der Waals surface area contributed by atoms with Gasteiger partial charge in [0.2, 0.25) is 0 Å². The van der Waals surface area contributed by atoms with E-state index in [1.54, 1.807) is 13.0 Å². The van der Waals surface area contributed by atoms with Gasteiger partial charge >= 0.3 is 0 Å². The zero-order valence-electron chi connectivity index (χ0n) is 10.3. The van der Waals surface area contributed by atoms with Crippen molar-refractivity contribution in [1.82, 2.24) is 0 Å². The number of aryl methyl sites for hydroxylation is 1. The van der Waals surface area contributed by atoms with Crippen LogP contribution in [0.5, 0.6) is 0 Å². The number of rotatable bonds is 2. The maximum atomic E-state index is 13.6. The Hall–Kier alpha value is -1.10. The second kappa shape index (κ2) is 6.12. The van der Waals surface area contributed by atoms with Gasteiger partial charge in [0.25, 0.3) is 5.91 Å². The van der Waals surface area contributed by atoms with Gasteiger partial charge in [-0.1, -0.05) is 39.1 Å². The molecule has 0 unspecified atom stereocenters. The lowest BCUT2D eigenvalue weighted by atomic mass is 10.2. The van der Waals surface area contributed by atoms with Crippen molar-refractivity contribution >= 4 is 50.7 Å². The summed E-state index contributed by atoms with van der Waals surface area (Å²) in [5.74, 6) is -1.20. The number of nitrogens with one attached hydrogen (secondary N) is 1. The zero-order chi connectivity index (χ0) is 14.9. The summed E-state index contributed by atoms with van der Waals surface area (Å²) in [6.45, 7) is 1.80. The van der Waals surface area contributed by atoms with E-state index in [1.807, 2.05) is 0 Å². The fourth-order valence-corrected chi connectivity index (χ4v) is 2.39. The lowest BCUT2D eigenvalue weighted by molar-refractivity contribution is 0.102. The van der Waals surface area contributed by atoms with E-state index in [9.17, 15) is 9.18 Å². The summed E-state index contributed by atoms with van der Waals surface area (Å²) in [7, 11) is 0. The molecule has 0 saturated carbocycles. The fraction of sp³-hybridized carbons (Fsp3) is 0.0714. The highest BCUT2D eigenvalue weighted by Crippen LogP contribution is 2.29. The number of hydrogen-bond donors (Lipinski definition) is 1. The normalized spacial score (nSPS) is 10.4. The molecule has 6 heteroatoms. The summed E-state index contributed by atoms with van der Waals surface area (Å²) in [6, 6.07) is 7.29. The standard InChI is InChI=1S/C14H9BrCl2FNO/c1-7-4-11(17)13(6-10(7)16)19-14(20)9-5-8(15)2-3-12(9)18/h2-6H,1H3,(H,19,20). The Balaban J connectivity index is 2.32. The van der Waals surface area contributed by atoms with E-state index in [0.717, 1.165) is 5.56 Å². The molecule has 2 rings (SSSR count). The van der Waals surface area contributed by atoms with Crippen molar-refractivity contribution in [2.45, 2.75) is 6.92 Å². The van der Waals surface area contributed by atoms with Crippen LogP contribution in [0.4, 0.5) is 10.1 Å². The van der Waals surface area contributed by atoms with Gasteiger partial charge in [-0.3, -0.25) is 4.79 Å². The molecule has 0 aliphatic carbocycles. The summed E-state index contributed by atoms with van der Waals surface area (Å²) in [5.41, 5.74) is 1.06. The van der Waals surface area contributed by atoms with Crippen molar-refractivity contribution in [3.05, 3.63) is 61.8 Å². The summed E-state index contributed by atoms with van der Waals surface area (Å²) in [6.07, 6.45) is 0. The van der Waals surface area contributed by atoms with Gasteiger partial charge < -0.3 is 5.32 Å². The second-order valence-corrected chi connectivity index (χ2v) is 5.89. The van der Waals surface area contributed by atoms with Gasteiger partial charge in [-0.15, -0.1) is 0 Å². The van der Waals surface area contributed by atoms with Crippen LogP contribution in [0.2, 0.25) is 10.0 Å². The van der Waals surface area contributed by atoms with Crippen molar-refractivity contribution in [3.63, 3.8) is 0 Å². The molecule has 0 bridgehead atoms. The van der Waals surface area contributed by atoms with Crippen molar-refractivity contribution in [3.8, 4) is 0 Å².